The number of benzene rings is 1. The number of rotatable bonds is 16. The number of aromatic amines is 1. The predicted molar refractivity (Wildman–Crippen MR) is 155 cm³/mol. The number of carboxylic acid groups (broad SMARTS) is 1. The van der Waals surface area contributed by atoms with Gasteiger partial charge < -0.3 is 31.8 Å². The lowest BCUT2D eigenvalue weighted by Gasteiger charge is -2.26. The smallest absolute Gasteiger partial charge is 0.326 e. The van der Waals surface area contributed by atoms with E-state index in [1.165, 1.54) is 11.8 Å². The number of carbonyl (C=O) groups is 4. The molecule has 3 amide bonds. The molecule has 1 aromatic carbocycles. The lowest BCUT2D eigenvalue weighted by atomic mass is 10.0. The lowest BCUT2D eigenvalue weighted by molar-refractivity contribution is -0.142. The molecule has 216 valence electrons. The fourth-order valence-electron chi connectivity index (χ4n) is 4.37. The van der Waals surface area contributed by atoms with Crippen LogP contribution in [-0.2, 0) is 25.6 Å². The van der Waals surface area contributed by atoms with E-state index in [2.05, 4.69) is 20.9 Å². The second-order valence-corrected chi connectivity index (χ2v) is 11.7. The zero-order valence-corrected chi connectivity index (χ0v) is 24.3. The highest BCUT2D eigenvalue weighted by molar-refractivity contribution is 7.98. The minimum absolute atomic E-state index is 0.0363. The number of amides is 3. The Bertz CT molecular complexity index is 1120. The number of H-pyrrole nitrogens is 1. The Balaban J connectivity index is 2.30. The third-order valence-corrected chi connectivity index (χ3v) is 7.00. The molecule has 0 bridgehead atoms. The van der Waals surface area contributed by atoms with Crippen molar-refractivity contribution in [3.05, 3.63) is 36.0 Å². The number of para-hydroxylation sites is 1. The molecule has 0 aliphatic rings. The lowest BCUT2D eigenvalue weighted by Crippen LogP contribution is -2.57. The van der Waals surface area contributed by atoms with Crippen LogP contribution in [0.15, 0.2) is 30.5 Å². The number of carbonyl (C=O) groups excluding carboxylic acids is 3. The van der Waals surface area contributed by atoms with Gasteiger partial charge in [-0.2, -0.15) is 11.8 Å². The molecule has 2 aromatic rings. The van der Waals surface area contributed by atoms with Crippen LogP contribution in [0.4, 0.5) is 0 Å². The molecule has 0 radical (unpaired) electrons. The first-order chi connectivity index (χ1) is 18.4. The summed E-state index contributed by atoms with van der Waals surface area (Å²) in [4.78, 5) is 54.6. The summed E-state index contributed by atoms with van der Waals surface area (Å²) < 4.78 is 0. The summed E-state index contributed by atoms with van der Waals surface area (Å²) in [6, 6.07) is 3.77. The molecule has 0 saturated carbocycles. The van der Waals surface area contributed by atoms with Crippen molar-refractivity contribution in [3.8, 4) is 0 Å². The van der Waals surface area contributed by atoms with Crippen LogP contribution in [0.2, 0.25) is 0 Å². The first-order valence-corrected chi connectivity index (χ1v) is 14.8. The summed E-state index contributed by atoms with van der Waals surface area (Å²) in [6.45, 7) is 7.66. The molecule has 39 heavy (non-hydrogen) atoms. The third-order valence-electron chi connectivity index (χ3n) is 6.36. The highest BCUT2D eigenvalue weighted by Crippen LogP contribution is 2.19. The van der Waals surface area contributed by atoms with Crippen LogP contribution < -0.4 is 21.7 Å². The van der Waals surface area contributed by atoms with Gasteiger partial charge in [-0.3, -0.25) is 14.4 Å². The van der Waals surface area contributed by atoms with Crippen LogP contribution in [0, 0.1) is 11.8 Å². The Morgan fingerprint density at radius 3 is 2.10 bits per heavy atom. The molecular weight excluding hydrogens is 518 g/mol. The van der Waals surface area contributed by atoms with Crippen molar-refractivity contribution in [1.82, 2.24) is 20.9 Å². The van der Waals surface area contributed by atoms with E-state index in [0.29, 0.717) is 18.6 Å². The summed E-state index contributed by atoms with van der Waals surface area (Å²) >= 11 is 1.53. The summed E-state index contributed by atoms with van der Waals surface area (Å²) in [5, 5.41) is 18.7. The molecule has 4 unspecified atom stereocenters. The van der Waals surface area contributed by atoms with Crippen molar-refractivity contribution in [2.24, 2.45) is 17.6 Å². The van der Waals surface area contributed by atoms with E-state index < -0.39 is 47.9 Å². The SMILES string of the molecule is CSCCC(NC(=O)C(N)CC(C)C)C(=O)NC(Cc1c[nH]c2ccccc12)C(=O)NC(CC(C)C)C(=O)O. The average molecular weight is 562 g/mol. The van der Waals surface area contributed by atoms with Crippen LogP contribution in [0.5, 0.6) is 0 Å². The molecule has 0 spiro atoms. The van der Waals surface area contributed by atoms with Gasteiger partial charge in [-0.05, 0) is 54.7 Å². The van der Waals surface area contributed by atoms with E-state index in [1.807, 2.05) is 58.2 Å². The Morgan fingerprint density at radius 2 is 1.49 bits per heavy atom. The number of hydrogen-bond donors (Lipinski definition) is 6. The van der Waals surface area contributed by atoms with Gasteiger partial charge in [0.2, 0.25) is 17.7 Å². The molecule has 1 aromatic heterocycles. The van der Waals surface area contributed by atoms with Crippen molar-refractivity contribution >= 4 is 46.4 Å². The predicted octanol–water partition coefficient (Wildman–Crippen LogP) is 2.42. The monoisotopic (exact) mass is 561 g/mol. The van der Waals surface area contributed by atoms with Gasteiger partial charge in [-0.1, -0.05) is 45.9 Å². The third kappa shape index (κ3) is 10.2. The first-order valence-electron chi connectivity index (χ1n) is 13.4. The summed E-state index contributed by atoms with van der Waals surface area (Å²) in [6.07, 6.45) is 4.87. The van der Waals surface area contributed by atoms with E-state index in [0.717, 1.165) is 16.5 Å². The molecule has 2 rings (SSSR count). The number of aliphatic carboxylic acids is 1. The molecule has 4 atom stereocenters. The Hall–Kier alpha value is -3.05. The average Bonchev–Trinajstić information content (AvgIpc) is 3.27. The number of nitrogens with two attached hydrogens (primary N) is 1. The molecule has 11 heteroatoms. The van der Waals surface area contributed by atoms with Crippen molar-refractivity contribution in [2.45, 2.75) is 77.5 Å². The second-order valence-electron chi connectivity index (χ2n) is 10.7. The van der Waals surface area contributed by atoms with Gasteiger partial charge in [-0.15, -0.1) is 0 Å². The maximum Gasteiger partial charge on any atom is 0.326 e. The van der Waals surface area contributed by atoms with Crippen molar-refractivity contribution < 1.29 is 24.3 Å². The molecule has 1 heterocycles. The van der Waals surface area contributed by atoms with Crippen molar-refractivity contribution in [2.75, 3.05) is 12.0 Å². The van der Waals surface area contributed by atoms with Crippen molar-refractivity contribution in [3.63, 3.8) is 0 Å². The Labute approximate surface area is 234 Å². The maximum atomic E-state index is 13.5. The zero-order valence-electron chi connectivity index (χ0n) is 23.5. The molecule has 0 saturated heterocycles. The van der Waals surface area contributed by atoms with Gasteiger partial charge in [0.25, 0.3) is 0 Å². The van der Waals surface area contributed by atoms with E-state index >= 15 is 0 Å². The molecule has 0 aliphatic heterocycles. The Morgan fingerprint density at radius 1 is 0.897 bits per heavy atom. The molecular formula is C28H43N5O5S. The van der Waals surface area contributed by atoms with E-state index in [4.69, 9.17) is 5.73 Å². The second kappa shape index (κ2) is 15.5. The summed E-state index contributed by atoms with van der Waals surface area (Å²) in [7, 11) is 0. The van der Waals surface area contributed by atoms with E-state index in [-0.39, 0.29) is 24.7 Å². The molecule has 0 aliphatic carbocycles. The molecule has 0 fully saturated rings. The zero-order chi connectivity index (χ0) is 29.1. The van der Waals surface area contributed by atoms with Crippen LogP contribution in [0.25, 0.3) is 10.9 Å². The number of carboxylic acids is 1. The van der Waals surface area contributed by atoms with Gasteiger partial charge in [0, 0.05) is 23.5 Å². The highest BCUT2D eigenvalue weighted by Gasteiger charge is 2.31. The Kier molecular flexibility index (Phi) is 12.8. The van der Waals surface area contributed by atoms with Crippen LogP contribution in [0.1, 0.15) is 52.5 Å². The van der Waals surface area contributed by atoms with Gasteiger partial charge in [-0.25, -0.2) is 4.79 Å². The van der Waals surface area contributed by atoms with Gasteiger partial charge in [0.15, 0.2) is 0 Å². The standard InChI is InChI=1S/C28H43N5O5S/c1-16(2)12-20(29)25(34)31-22(10-11-39-5)26(35)32-23(27(36)33-24(28(37)38)13-17(3)4)14-18-15-30-21-9-7-6-8-19(18)21/h6-9,15-17,20,22-24,30H,10-14,29H2,1-5H3,(H,31,34)(H,32,35)(H,33,36)(H,37,38). The summed E-state index contributed by atoms with van der Waals surface area (Å²) in [5.41, 5.74) is 7.72. The quantitative estimate of drug-likeness (QED) is 0.183. The largest absolute Gasteiger partial charge is 0.480 e. The van der Waals surface area contributed by atoms with E-state index in [9.17, 15) is 24.3 Å². The summed E-state index contributed by atoms with van der Waals surface area (Å²) in [5.74, 6) is -1.84. The maximum absolute atomic E-state index is 13.5. The van der Waals surface area contributed by atoms with Crippen LogP contribution >= 0.6 is 11.8 Å². The highest BCUT2D eigenvalue weighted by atomic mass is 32.2. The van der Waals surface area contributed by atoms with Gasteiger partial charge >= 0.3 is 5.97 Å². The number of aromatic nitrogens is 1. The molecule has 7 N–H and O–H groups in total. The van der Waals surface area contributed by atoms with Gasteiger partial charge in [0.05, 0.1) is 6.04 Å². The number of nitrogens with one attached hydrogen (secondary N) is 4. The van der Waals surface area contributed by atoms with E-state index in [1.54, 1.807) is 6.20 Å². The van der Waals surface area contributed by atoms with Gasteiger partial charge in [0.1, 0.15) is 18.1 Å². The number of hydrogen-bond acceptors (Lipinski definition) is 6. The fourth-order valence-corrected chi connectivity index (χ4v) is 4.84. The van der Waals surface area contributed by atoms with Crippen LogP contribution in [-0.4, -0.2) is 70.0 Å². The first kappa shape index (κ1) is 32.2. The number of fused-ring (bicyclic) bond motifs is 1. The topological polar surface area (TPSA) is 166 Å². The minimum atomic E-state index is -1.14. The van der Waals surface area contributed by atoms with Crippen molar-refractivity contribution in [1.29, 1.82) is 0 Å². The van der Waals surface area contributed by atoms with Crippen LogP contribution in [0.3, 0.4) is 0 Å². The fraction of sp³-hybridized carbons (Fsp3) is 0.571. The number of thioether (sulfide) groups is 1. The molecule has 10 nitrogen and oxygen atoms in total. The minimum Gasteiger partial charge on any atom is -0.480 e. The normalized spacial score (nSPS) is 14.6.